The topological polar surface area (TPSA) is 45.2 Å². The van der Waals surface area contributed by atoms with E-state index in [0.717, 1.165) is 28.2 Å². The molecule has 1 saturated heterocycles. The molecule has 1 aliphatic heterocycles. The number of halogens is 1. The van der Waals surface area contributed by atoms with E-state index in [1.54, 1.807) is 18.4 Å². The van der Waals surface area contributed by atoms with Crippen molar-refractivity contribution < 1.29 is 4.79 Å². The molecule has 0 radical (unpaired) electrons. The van der Waals surface area contributed by atoms with E-state index in [0.29, 0.717) is 0 Å². The molecular weight excluding hydrogens is 314 g/mol. The summed E-state index contributed by atoms with van der Waals surface area (Å²) in [5.41, 5.74) is 1.02. The number of carbonyl (C=O) groups is 1. The molecule has 1 fully saturated rings. The molecule has 0 spiro atoms. The first kappa shape index (κ1) is 11.9. The summed E-state index contributed by atoms with van der Waals surface area (Å²) in [5.74, 6) is 0.226. The van der Waals surface area contributed by atoms with Crippen LogP contribution in [-0.2, 0) is 4.79 Å². The highest BCUT2D eigenvalue weighted by molar-refractivity contribution is 9.10. The molecule has 4 nitrogen and oxygen atoms in total. The molecule has 2 heterocycles. The molecule has 0 atom stereocenters. The summed E-state index contributed by atoms with van der Waals surface area (Å²) in [6, 6.07) is 6.08. The second kappa shape index (κ2) is 4.51. The molecule has 18 heavy (non-hydrogen) atoms. The van der Waals surface area contributed by atoms with Crippen molar-refractivity contribution in [3.8, 4) is 0 Å². The highest BCUT2D eigenvalue weighted by Crippen LogP contribution is 2.34. The van der Waals surface area contributed by atoms with Gasteiger partial charge < -0.3 is 10.2 Å². The van der Waals surface area contributed by atoms with Crippen LogP contribution in [0.25, 0.3) is 10.2 Å². The predicted octanol–water partition coefficient (Wildman–Crippen LogP) is 2.24. The first-order valence-corrected chi connectivity index (χ1v) is 7.31. The zero-order valence-corrected chi connectivity index (χ0v) is 12.2. The molecule has 0 saturated carbocycles. The molecule has 1 aliphatic rings. The van der Waals surface area contributed by atoms with Crippen LogP contribution in [0.1, 0.15) is 0 Å². The van der Waals surface area contributed by atoms with Gasteiger partial charge in [0.25, 0.3) is 0 Å². The number of carbonyl (C=O) groups excluding carboxylic acids is 1. The predicted molar refractivity (Wildman–Crippen MR) is 77.1 cm³/mol. The molecular formula is C12H12BrN3OS. The third-order valence-corrected chi connectivity index (χ3v) is 4.68. The zero-order valence-electron chi connectivity index (χ0n) is 9.81. The Morgan fingerprint density at radius 1 is 1.56 bits per heavy atom. The summed E-state index contributed by atoms with van der Waals surface area (Å²) in [5, 5.41) is 3.69. The second-order valence-corrected chi connectivity index (χ2v) is 6.25. The number of thiazole rings is 1. The number of benzene rings is 1. The fourth-order valence-electron chi connectivity index (χ4n) is 2.03. The normalized spacial score (nSPS) is 15.8. The Balaban J connectivity index is 1.79. The van der Waals surface area contributed by atoms with Crippen molar-refractivity contribution in [1.82, 2.24) is 10.3 Å². The van der Waals surface area contributed by atoms with Gasteiger partial charge in [0.05, 0.1) is 16.1 Å². The van der Waals surface area contributed by atoms with E-state index in [4.69, 9.17) is 0 Å². The van der Waals surface area contributed by atoms with E-state index in [2.05, 4.69) is 37.2 Å². The second-order valence-electron chi connectivity index (χ2n) is 4.32. The summed E-state index contributed by atoms with van der Waals surface area (Å²) in [6.45, 7) is 1.53. The van der Waals surface area contributed by atoms with Crippen molar-refractivity contribution in [2.24, 2.45) is 5.92 Å². The molecule has 0 unspecified atom stereocenters. The minimum absolute atomic E-state index is 0.105. The standard InChI is InChI=1S/C12H12BrN3OS/c1-14-11(17)7-5-16(6-7)12-15-9-3-2-8(13)4-10(9)18-12/h2-4,7H,5-6H2,1H3,(H,14,17). The van der Waals surface area contributed by atoms with Crippen LogP contribution in [0.4, 0.5) is 5.13 Å². The summed E-state index contributed by atoms with van der Waals surface area (Å²) in [4.78, 5) is 18.2. The first-order chi connectivity index (χ1) is 8.67. The van der Waals surface area contributed by atoms with Gasteiger partial charge in [-0.05, 0) is 18.2 Å². The molecule has 6 heteroatoms. The third kappa shape index (κ3) is 1.99. The lowest BCUT2D eigenvalue weighted by molar-refractivity contribution is -0.125. The zero-order chi connectivity index (χ0) is 12.7. The van der Waals surface area contributed by atoms with Crippen LogP contribution in [0.2, 0.25) is 0 Å². The van der Waals surface area contributed by atoms with Crippen LogP contribution in [0, 0.1) is 5.92 Å². The SMILES string of the molecule is CNC(=O)C1CN(c2nc3ccc(Br)cc3s2)C1. The number of fused-ring (bicyclic) bond motifs is 1. The van der Waals surface area contributed by atoms with E-state index in [1.807, 2.05) is 12.1 Å². The maximum Gasteiger partial charge on any atom is 0.226 e. The number of rotatable bonds is 2. The Morgan fingerprint density at radius 3 is 3.06 bits per heavy atom. The fourth-order valence-corrected chi connectivity index (χ4v) is 3.56. The molecule has 1 aromatic carbocycles. The average molecular weight is 326 g/mol. The minimum atomic E-state index is 0.105. The van der Waals surface area contributed by atoms with Gasteiger partial charge in [-0.25, -0.2) is 4.98 Å². The van der Waals surface area contributed by atoms with Crippen LogP contribution < -0.4 is 10.2 Å². The number of hydrogen-bond acceptors (Lipinski definition) is 4. The minimum Gasteiger partial charge on any atom is -0.359 e. The molecule has 1 N–H and O–H groups in total. The van der Waals surface area contributed by atoms with E-state index < -0.39 is 0 Å². The van der Waals surface area contributed by atoms with Gasteiger partial charge in [-0.2, -0.15) is 0 Å². The third-order valence-electron chi connectivity index (χ3n) is 3.11. The lowest BCUT2D eigenvalue weighted by atomic mass is 10.0. The van der Waals surface area contributed by atoms with E-state index in [-0.39, 0.29) is 11.8 Å². The summed E-state index contributed by atoms with van der Waals surface area (Å²) < 4.78 is 2.24. The number of hydrogen-bond donors (Lipinski definition) is 1. The van der Waals surface area contributed by atoms with Crippen LogP contribution >= 0.6 is 27.3 Å². The number of aromatic nitrogens is 1. The van der Waals surface area contributed by atoms with Gasteiger partial charge in [-0.1, -0.05) is 27.3 Å². The van der Waals surface area contributed by atoms with E-state index >= 15 is 0 Å². The maximum atomic E-state index is 11.4. The Hall–Kier alpha value is -1.14. The number of nitrogens with one attached hydrogen (secondary N) is 1. The molecule has 1 aromatic heterocycles. The van der Waals surface area contributed by atoms with Crippen molar-refractivity contribution in [3.63, 3.8) is 0 Å². The van der Waals surface area contributed by atoms with Gasteiger partial charge in [0, 0.05) is 24.6 Å². The maximum absolute atomic E-state index is 11.4. The van der Waals surface area contributed by atoms with Crippen LogP contribution in [0.3, 0.4) is 0 Å². The van der Waals surface area contributed by atoms with Crippen molar-refractivity contribution in [1.29, 1.82) is 0 Å². The molecule has 0 bridgehead atoms. The van der Waals surface area contributed by atoms with Gasteiger partial charge in [-0.15, -0.1) is 0 Å². The lowest BCUT2D eigenvalue weighted by Crippen LogP contribution is -2.53. The van der Waals surface area contributed by atoms with Gasteiger partial charge in [0.15, 0.2) is 5.13 Å². The molecule has 0 aliphatic carbocycles. The van der Waals surface area contributed by atoms with Crippen molar-refractivity contribution >= 4 is 48.5 Å². The Kier molecular flexibility index (Phi) is 2.99. The Morgan fingerprint density at radius 2 is 2.33 bits per heavy atom. The van der Waals surface area contributed by atoms with Gasteiger partial charge in [0.1, 0.15) is 0 Å². The van der Waals surface area contributed by atoms with Crippen molar-refractivity contribution in [2.45, 2.75) is 0 Å². The van der Waals surface area contributed by atoms with E-state index in [1.165, 1.54) is 4.70 Å². The number of anilines is 1. The fraction of sp³-hybridized carbons (Fsp3) is 0.333. The monoisotopic (exact) mass is 325 g/mol. The molecule has 2 aromatic rings. The highest BCUT2D eigenvalue weighted by atomic mass is 79.9. The molecule has 3 rings (SSSR count). The van der Waals surface area contributed by atoms with Gasteiger partial charge in [-0.3, -0.25) is 4.79 Å². The quantitative estimate of drug-likeness (QED) is 0.921. The van der Waals surface area contributed by atoms with Gasteiger partial charge >= 0.3 is 0 Å². The number of nitrogens with zero attached hydrogens (tertiary/aromatic N) is 2. The van der Waals surface area contributed by atoms with Crippen molar-refractivity contribution in [2.75, 3.05) is 25.0 Å². The first-order valence-electron chi connectivity index (χ1n) is 5.70. The largest absolute Gasteiger partial charge is 0.359 e. The molecule has 1 amide bonds. The highest BCUT2D eigenvalue weighted by Gasteiger charge is 2.33. The smallest absolute Gasteiger partial charge is 0.226 e. The van der Waals surface area contributed by atoms with Crippen LogP contribution in [-0.4, -0.2) is 31.0 Å². The van der Waals surface area contributed by atoms with Crippen molar-refractivity contribution in [3.05, 3.63) is 22.7 Å². The lowest BCUT2D eigenvalue weighted by Gasteiger charge is -2.37. The number of amides is 1. The summed E-state index contributed by atoms with van der Waals surface area (Å²) in [7, 11) is 1.68. The van der Waals surface area contributed by atoms with Crippen LogP contribution in [0.15, 0.2) is 22.7 Å². The van der Waals surface area contributed by atoms with Gasteiger partial charge in [0.2, 0.25) is 5.91 Å². The summed E-state index contributed by atoms with van der Waals surface area (Å²) >= 11 is 5.13. The van der Waals surface area contributed by atoms with E-state index in [9.17, 15) is 4.79 Å². The Bertz CT molecular complexity index is 606. The summed E-state index contributed by atoms with van der Waals surface area (Å²) in [6.07, 6.45) is 0. The Labute approximate surface area is 117 Å². The average Bonchev–Trinajstić information content (AvgIpc) is 2.69. The van der Waals surface area contributed by atoms with Crippen LogP contribution in [0.5, 0.6) is 0 Å². The molecule has 94 valence electrons.